The summed E-state index contributed by atoms with van der Waals surface area (Å²) < 4.78 is 30.6. The van der Waals surface area contributed by atoms with Crippen LogP contribution in [0.4, 0.5) is 4.39 Å². The van der Waals surface area contributed by atoms with Gasteiger partial charge in [0.1, 0.15) is 42.2 Å². The van der Waals surface area contributed by atoms with Gasteiger partial charge in [0.15, 0.2) is 0 Å². The zero-order chi connectivity index (χ0) is 23.3. The van der Waals surface area contributed by atoms with E-state index in [1.165, 1.54) is 12.3 Å². The third kappa shape index (κ3) is 5.24. The SMILES string of the molecule is Fc1cc(Cl)ccc1C=Cc1nc(COc2ccc(-c3nc(Cc4ncc[nH]4)co3)cc2)co1. The molecule has 0 atom stereocenters. The molecule has 0 radical (unpaired) electrons. The summed E-state index contributed by atoms with van der Waals surface area (Å²) in [6.07, 6.45) is 10.3. The molecule has 3 aromatic heterocycles. The Bertz CT molecular complexity index is 1410. The van der Waals surface area contributed by atoms with Crippen molar-refractivity contribution in [3.63, 3.8) is 0 Å². The van der Waals surface area contributed by atoms with E-state index >= 15 is 0 Å². The molecule has 7 nitrogen and oxygen atoms in total. The van der Waals surface area contributed by atoms with E-state index in [1.54, 1.807) is 42.9 Å². The van der Waals surface area contributed by atoms with E-state index in [9.17, 15) is 4.39 Å². The molecule has 0 bridgehead atoms. The molecule has 0 aliphatic carbocycles. The second kappa shape index (κ2) is 9.76. The van der Waals surface area contributed by atoms with Crippen LogP contribution < -0.4 is 4.74 Å². The summed E-state index contributed by atoms with van der Waals surface area (Å²) >= 11 is 5.77. The number of hydrogen-bond acceptors (Lipinski definition) is 6. The molecule has 34 heavy (non-hydrogen) atoms. The number of H-pyrrole nitrogens is 1. The number of hydrogen-bond donors (Lipinski definition) is 1. The van der Waals surface area contributed by atoms with Crippen LogP contribution in [-0.2, 0) is 13.0 Å². The predicted molar refractivity (Wildman–Crippen MR) is 125 cm³/mol. The topological polar surface area (TPSA) is 90.0 Å². The average Bonchev–Trinajstić information content (AvgIpc) is 3.61. The molecule has 1 N–H and O–H groups in total. The van der Waals surface area contributed by atoms with Crippen LogP contribution in [0.3, 0.4) is 0 Å². The standard InChI is InChI=1S/C25H18ClFN4O3/c26-18-5-1-16(22(27)11-18)4-8-24-30-20(15-33-24)14-32-21-6-2-17(3-7-21)25-31-19(13-34-25)12-23-28-9-10-29-23/h1-11,13,15H,12,14H2,(H,28,29). The fourth-order valence-electron chi connectivity index (χ4n) is 3.20. The van der Waals surface area contributed by atoms with Crippen molar-refractivity contribution in [1.29, 1.82) is 0 Å². The maximum atomic E-state index is 13.9. The largest absolute Gasteiger partial charge is 0.487 e. The third-order valence-corrected chi connectivity index (χ3v) is 5.12. The highest BCUT2D eigenvalue weighted by atomic mass is 35.5. The molecule has 5 rings (SSSR count). The summed E-state index contributed by atoms with van der Waals surface area (Å²) in [6, 6.07) is 11.9. The summed E-state index contributed by atoms with van der Waals surface area (Å²) in [5, 5.41) is 0.341. The molecule has 0 aliphatic heterocycles. The van der Waals surface area contributed by atoms with Gasteiger partial charge in [-0.25, -0.2) is 19.3 Å². The van der Waals surface area contributed by atoms with E-state index in [-0.39, 0.29) is 6.61 Å². The highest BCUT2D eigenvalue weighted by Crippen LogP contribution is 2.23. The Morgan fingerprint density at radius 3 is 2.65 bits per heavy atom. The van der Waals surface area contributed by atoms with Crippen molar-refractivity contribution < 1.29 is 18.0 Å². The summed E-state index contributed by atoms with van der Waals surface area (Å²) in [6.45, 7) is 0.221. The molecule has 3 heterocycles. The Labute approximate surface area is 198 Å². The first-order chi connectivity index (χ1) is 16.6. The first kappa shape index (κ1) is 21.7. The van der Waals surface area contributed by atoms with Gasteiger partial charge in [-0.1, -0.05) is 17.7 Å². The number of nitrogens with one attached hydrogen (secondary N) is 1. The van der Waals surface area contributed by atoms with E-state index in [1.807, 2.05) is 24.3 Å². The second-order valence-electron chi connectivity index (χ2n) is 7.35. The van der Waals surface area contributed by atoms with Crippen molar-refractivity contribution in [1.82, 2.24) is 19.9 Å². The molecule has 0 amide bonds. The molecule has 0 spiro atoms. The number of rotatable bonds is 8. The van der Waals surface area contributed by atoms with Crippen LogP contribution in [-0.4, -0.2) is 19.9 Å². The van der Waals surface area contributed by atoms with E-state index in [0.29, 0.717) is 40.2 Å². The van der Waals surface area contributed by atoms with Crippen molar-refractivity contribution in [2.24, 2.45) is 0 Å². The lowest BCUT2D eigenvalue weighted by Gasteiger charge is -2.04. The van der Waals surface area contributed by atoms with E-state index in [2.05, 4.69) is 19.9 Å². The van der Waals surface area contributed by atoms with Gasteiger partial charge in [-0.15, -0.1) is 0 Å². The van der Waals surface area contributed by atoms with Crippen molar-refractivity contribution >= 4 is 23.8 Å². The van der Waals surface area contributed by atoms with Crippen LogP contribution in [0.5, 0.6) is 5.75 Å². The quantitative estimate of drug-likeness (QED) is 0.287. The van der Waals surface area contributed by atoms with Crippen LogP contribution in [0.25, 0.3) is 23.6 Å². The van der Waals surface area contributed by atoms with Crippen LogP contribution in [0.1, 0.15) is 28.7 Å². The number of aromatic nitrogens is 4. The highest BCUT2D eigenvalue weighted by molar-refractivity contribution is 6.30. The summed E-state index contributed by atoms with van der Waals surface area (Å²) in [4.78, 5) is 16.1. The minimum absolute atomic E-state index is 0.221. The van der Waals surface area contributed by atoms with Gasteiger partial charge in [0.05, 0.1) is 12.1 Å². The van der Waals surface area contributed by atoms with Crippen LogP contribution in [0.15, 0.2) is 76.2 Å². The monoisotopic (exact) mass is 476 g/mol. The number of aromatic amines is 1. The minimum Gasteiger partial charge on any atom is -0.487 e. The molecule has 0 saturated heterocycles. The second-order valence-corrected chi connectivity index (χ2v) is 7.78. The van der Waals surface area contributed by atoms with Crippen LogP contribution >= 0.6 is 11.6 Å². The van der Waals surface area contributed by atoms with Gasteiger partial charge < -0.3 is 18.6 Å². The molecule has 5 aromatic rings. The summed E-state index contributed by atoms with van der Waals surface area (Å²) in [7, 11) is 0. The van der Waals surface area contributed by atoms with Crippen molar-refractivity contribution in [3.05, 3.63) is 107 Å². The predicted octanol–water partition coefficient (Wildman–Crippen LogP) is 6.19. The Morgan fingerprint density at radius 2 is 1.85 bits per heavy atom. The molecule has 0 aliphatic rings. The average molecular weight is 477 g/mol. The van der Waals surface area contributed by atoms with Gasteiger partial charge in [0.2, 0.25) is 11.8 Å². The number of ether oxygens (including phenoxy) is 1. The Hall–Kier alpha value is -4.17. The molecule has 0 fully saturated rings. The zero-order valence-electron chi connectivity index (χ0n) is 17.7. The molecule has 170 valence electrons. The van der Waals surface area contributed by atoms with Gasteiger partial charge in [-0.2, -0.15) is 0 Å². The van der Waals surface area contributed by atoms with Crippen molar-refractivity contribution in [2.45, 2.75) is 13.0 Å². The molecule has 9 heteroatoms. The molecule has 0 saturated carbocycles. The highest BCUT2D eigenvalue weighted by Gasteiger charge is 2.09. The Morgan fingerprint density at radius 1 is 1.00 bits per heavy atom. The van der Waals surface area contributed by atoms with E-state index in [0.717, 1.165) is 17.1 Å². The number of oxazole rings is 2. The van der Waals surface area contributed by atoms with Crippen LogP contribution in [0.2, 0.25) is 5.02 Å². The zero-order valence-corrected chi connectivity index (χ0v) is 18.5. The Balaban J connectivity index is 1.17. The van der Waals surface area contributed by atoms with Gasteiger partial charge in [-0.05, 0) is 42.5 Å². The molecule has 2 aromatic carbocycles. The summed E-state index contributed by atoms with van der Waals surface area (Å²) in [5.74, 6) is 1.94. The summed E-state index contributed by atoms with van der Waals surface area (Å²) in [5.41, 5.74) is 2.62. The third-order valence-electron chi connectivity index (χ3n) is 4.88. The lowest BCUT2D eigenvalue weighted by Crippen LogP contribution is -1.95. The first-order valence-electron chi connectivity index (χ1n) is 10.4. The van der Waals surface area contributed by atoms with Crippen LogP contribution in [0, 0.1) is 5.82 Å². The van der Waals surface area contributed by atoms with E-state index < -0.39 is 5.82 Å². The smallest absolute Gasteiger partial charge is 0.226 e. The number of halogens is 2. The Kier molecular flexibility index (Phi) is 6.22. The normalized spacial score (nSPS) is 11.4. The lowest BCUT2D eigenvalue weighted by atomic mass is 10.2. The fraction of sp³-hybridized carbons (Fsp3) is 0.0800. The van der Waals surface area contributed by atoms with E-state index in [4.69, 9.17) is 25.2 Å². The van der Waals surface area contributed by atoms with Gasteiger partial charge in [-0.3, -0.25) is 0 Å². The molecular formula is C25H18ClFN4O3. The maximum absolute atomic E-state index is 13.9. The van der Waals surface area contributed by atoms with Gasteiger partial charge in [0, 0.05) is 34.6 Å². The molecule has 0 unspecified atom stereocenters. The molecular weight excluding hydrogens is 459 g/mol. The maximum Gasteiger partial charge on any atom is 0.226 e. The van der Waals surface area contributed by atoms with Crippen molar-refractivity contribution in [3.8, 4) is 17.2 Å². The number of benzene rings is 2. The number of nitrogens with zero attached hydrogens (tertiary/aromatic N) is 3. The van der Waals surface area contributed by atoms with Crippen molar-refractivity contribution in [2.75, 3.05) is 0 Å². The van der Waals surface area contributed by atoms with Gasteiger partial charge >= 0.3 is 0 Å². The lowest BCUT2D eigenvalue weighted by molar-refractivity contribution is 0.301. The first-order valence-corrected chi connectivity index (χ1v) is 10.7. The van der Waals surface area contributed by atoms with Gasteiger partial charge in [0.25, 0.3) is 0 Å². The number of imidazole rings is 1. The fourth-order valence-corrected chi connectivity index (χ4v) is 3.36. The minimum atomic E-state index is -0.416.